The molecule has 0 bridgehead atoms. The molecule has 112 valence electrons. The molecule has 1 rings (SSSR count). The number of sulfonamides is 1. The number of pyridine rings is 1. The lowest BCUT2D eigenvalue weighted by molar-refractivity contribution is -0.122. The van der Waals surface area contributed by atoms with Crippen LogP contribution < -0.4 is 15.4 Å². The number of rotatable bonds is 7. The summed E-state index contributed by atoms with van der Waals surface area (Å²) in [4.78, 5) is 15.6. The van der Waals surface area contributed by atoms with Crippen LogP contribution in [0.2, 0.25) is 0 Å². The molecular weight excluding hydrogens is 280 g/mol. The van der Waals surface area contributed by atoms with Gasteiger partial charge in [-0.3, -0.25) is 4.79 Å². The molecule has 20 heavy (non-hydrogen) atoms. The molecule has 1 amide bonds. The number of carbonyl (C=O) groups excluding carboxylic acids is 1. The van der Waals surface area contributed by atoms with Crippen molar-refractivity contribution in [3.05, 3.63) is 18.3 Å². The van der Waals surface area contributed by atoms with Gasteiger partial charge in [0.15, 0.2) is 0 Å². The predicted molar refractivity (Wildman–Crippen MR) is 76.9 cm³/mol. The van der Waals surface area contributed by atoms with Crippen LogP contribution in [0.4, 0.5) is 5.82 Å². The van der Waals surface area contributed by atoms with Crippen LogP contribution in [0.15, 0.2) is 23.2 Å². The lowest BCUT2D eigenvalue weighted by Crippen LogP contribution is -2.44. The topological polar surface area (TPSA) is 100 Å². The Kier molecular flexibility index (Phi) is 5.90. The molecule has 0 aliphatic heterocycles. The Hall–Kier alpha value is -1.67. The molecule has 3 N–H and O–H groups in total. The number of amides is 1. The minimum Gasteiger partial charge on any atom is -0.369 e. The molecule has 7 nitrogen and oxygen atoms in total. The minimum absolute atomic E-state index is 0.0259. The summed E-state index contributed by atoms with van der Waals surface area (Å²) in [5, 5.41) is 5.44. The zero-order valence-electron chi connectivity index (χ0n) is 11.8. The molecule has 1 heterocycles. The van der Waals surface area contributed by atoms with E-state index in [1.807, 2.05) is 6.92 Å². The summed E-state index contributed by atoms with van der Waals surface area (Å²) in [5.74, 6) is -0.101. The van der Waals surface area contributed by atoms with Crippen LogP contribution in [-0.4, -0.2) is 38.4 Å². The molecular formula is C12H20N4O3S. The van der Waals surface area contributed by atoms with Crippen molar-refractivity contribution in [2.75, 3.05) is 18.4 Å². The van der Waals surface area contributed by atoms with Crippen molar-refractivity contribution < 1.29 is 13.2 Å². The Balaban J connectivity index is 2.97. The van der Waals surface area contributed by atoms with Gasteiger partial charge in [0.1, 0.15) is 10.7 Å². The van der Waals surface area contributed by atoms with Crippen molar-refractivity contribution in [1.29, 1.82) is 0 Å². The van der Waals surface area contributed by atoms with Gasteiger partial charge in [-0.1, -0.05) is 0 Å². The Bertz CT molecular complexity index is 560. The average molecular weight is 300 g/mol. The maximum Gasteiger partial charge on any atom is 0.244 e. The molecule has 0 saturated heterocycles. The van der Waals surface area contributed by atoms with E-state index in [1.165, 1.54) is 25.3 Å². The fraction of sp³-hybridized carbons (Fsp3) is 0.500. The third-order valence-electron chi connectivity index (χ3n) is 2.48. The van der Waals surface area contributed by atoms with Crippen LogP contribution in [0.25, 0.3) is 0 Å². The number of hydrogen-bond donors (Lipinski definition) is 3. The summed E-state index contributed by atoms with van der Waals surface area (Å²) >= 11 is 0. The zero-order valence-corrected chi connectivity index (χ0v) is 12.6. The molecule has 1 atom stereocenters. The second-order valence-corrected chi connectivity index (χ2v) is 5.80. The lowest BCUT2D eigenvalue weighted by Gasteiger charge is -2.15. The Morgan fingerprint density at radius 3 is 2.65 bits per heavy atom. The summed E-state index contributed by atoms with van der Waals surface area (Å²) in [6.45, 7) is 6.09. The quantitative estimate of drug-likeness (QED) is 0.673. The highest BCUT2D eigenvalue weighted by Gasteiger charge is 2.24. The van der Waals surface area contributed by atoms with E-state index in [1.54, 1.807) is 6.92 Å². The first-order valence-corrected chi connectivity index (χ1v) is 7.89. The standard InChI is InChI=1S/C12H20N4O3S/c1-4-13-11-10(7-6-8-15-11)20(18,19)16-9(3)12(17)14-5-2/h6-9,16H,4-5H2,1-3H3,(H,13,15)(H,14,17). The fourth-order valence-electron chi connectivity index (χ4n) is 1.58. The van der Waals surface area contributed by atoms with E-state index < -0.39 is 16.1 Å². The van der Waals surface area contributed by atoms with Crippen LogP contribution >= 0.6 is 0 Å². The third-order valence-corrected chi connectivity index (χ3v) is 4.05. The maximum atomic E-state index is 12.3. The Morgan fingerprint density at radius 2 is 2.05 bits per heavy atom. The molecule has 1 aromatic rings. The van der Waals surface area contributed by atoms with Crippen LogP contribution in [0.3, 0.4) is 0 Å². The van der Waals surface area contributed by atoms with E-state index in [-0.39, 0.29) is 16.6 Å². The van der Waals surface area contributed by atoms with Gasteiger partial charge in [0, 0.05) is 19.3 Å². The van der Waals surface area contributed by atoms with Gasteiger partial charge in [0.2, 0.25) is 15.9 Å². The van der Waals surface area contributed by atoms with E-state index in [0.29, 0.717) is 13.1 Å². The highest BCUT2D eigenvalue weighted by atomic mass is 32.2. The fourth-order valence-corrected chi connectivity index (χ4v) is 2.92. The van der Waals surface area contributed by atoms with Crippen LogP contribution in [0.1, 0.15) is 20.8 Å². The SMILES string of the molecule is CCNC(=O)C(C)NS(=O)(=O)c1cccnc1NCC. The number of carbonyl (C=O) groups is 1. The Morgan fingerprint density at radius 1 is 1.35 bits per heavy atom. The van der Waals surface area contributed by atoms with Crippen molar-refractivity contribution in [3.63, 3.8) is 0 Å². The maximum absolute atomic E-state index is 12.3. The van der Waals surface area contributed by atoms with Gasteiger partial charge in [-0.2, -0.15) is 4.72 Å². The molecule has 8 heteroatoms. The van der Waals surface area contributed by atoms with Gasteiger partial charge < -0.3 is 10.6 Å². The molecule has 0 aromatic carbocycles. The number of hydrogen-bond acceptors (Lipinski definition) is 5. The molecule has 1 unspecified atom stereocenters. The molecule has 0 aliphatic carbocycles. The molecule has 0 fully saturated rings. The van der Waals surface area contributed by atoms with Crippen LogP contribution in [0, 0.1) is 0 Å². The molecule has 1 aromatic heterocycles. The van der Waals surface area contributed by atoms with E-state index in [2.05, 4.69) is 20.3 Å². The van der Waals surface area contributed by atoms with Crippen molar-refractivity contribution in [3.8, 4) is 0 Å². The number of likely N-dealkylation sites (N-methyl/N-ethyl adjacent to an activating group) is 1. The first kappa shape index (κ1) is 16.4. The highest BCUT2D eigenvalue weighted by Crippen LogP contribution is 2.17. The van der Waals surface area contributed by atoms with Crippen molar-refractivity contribution in [2.24, 2.45) is 0 Å². The van der Waals surface area contributed by atoms with Crippen molar-refractivity contribution in [2.45, 2.75) is 31.7 Å². The highest BCUT2D eigenvalue weighted by molar-refractivity contribution is 7.89. The largest absolute Gasteiger partial charge is 0.369 e. The second kappa shape index (κ2) is 7.20. The van der Waals surface area contributed by atoms with Gasteiger partial charge in [0.25, 0.3) is 0 Å². The normalized spacial score (nSPS) is 12.8. The molecule has 0 aliphatic rings. The molecule has 0 spiro atoms. The number of anilines is 1. The number of nitrogens with one attached hydrogen (secondary N) is 3. The minimum atomic E-state index is -3.81. The average Bonchev–Trinajstić information content (AvgIpc) is 2.39. The third kappa shape index (κ3) is 4.17. The number of aromatic nitrogens is 1. The molecule has 0 radical (unpaired) electrons. The zero-order chi connectivity index (χ0) is 15.2. The van der Waals surface area contributed by atoms with E-state index >= 15 is 0 Å². The lowest BCUT2D eigenvalue weighted by atomic mass is 10.3. The van der Waals surface area contributed by atoms with Crippen molar-refractivity contribution in [1.82, 2.24) is 15.0 Å². The van der Waals surface area contributed by atoms with Gasteiger partial charge >= 0.3 is 0 Å². The summed E-state index contributed by atoms with van der Waals surface area (Å²) in [5.41, 5.74) is 0. The first-order valence-electron chi connectivity index (χ1n) is 6.41. The first-order chi connectivity index (χ1) is 9.42. The van der Waals surface area contributed by atoms with Crippen molar-refractivity contribution >= 4 is 21.7 Å². The monoisotopic (exact) mass is 300 g/mol. The smallest absolute Gasteiger partial charge is 0.244 e. The second-order valence-electron chi connectivity index (χ2n) is 4.12. The van der Waals surface area contributed by atoms with Crippen LogP contribution in [0.5, 0.6) is 0 Å². The Labute approximate surface area is 119 Å². The predicted octanol–water partition coefficient (Wildman–Crippen LogP) is 0.316. The summed E-state index contributed by atoms with van der Waals surface area (Å²) < 4.78 is 26.9. The van der Waals surface area contributed by atoms with Gasteiger partial charge in [-0.25, -0.2) is 13.4 Å². The molecule has 0 saturated carbocycles. The van der Waals surface area contributed by atoms with Gasteiger partial charge in [-0.05, 0) is 32.9 Å². The van der Waals surface area contributed by atoms with E-state index in [0.717, 1.165) is 0 Å². The summed E-state index contributed by atoms with van der Waals surface area (Å²) in [6, 6.07) is 2.12. The summed E-state index contributed by atoms with van der Waals surface area (Å²) in [6.07, 6.45) is 1.50. The number of nitrogens with zero attached hydrogens (tertiary/aromatic N) is 1. The summed E-state index contributed by atoms with van der Waals surface area (Å²) in [7, 11) is -3.81. The van der Waals surface area contributed by atoms with Crippen LogP contribution in [-0.2, 0) is 14.8 Å². The van der Waals surface area contributed by atoms with E-state index in [4.69, 9.17) is 0 Å². The van der Waals surface area contributed by atoms with E-state index in [9.17, 15) is 13.2 Å². The van der Waals surface area contributed by atoms with Gasteiger partial charge in [0.05, 0.1) is 6.04 Å². The van der Waals surface area contributed by atoms with Gasteiger partial charge in [-0.15, -0.1) is 0 Å².